The number of benzene rings is 2. The monoisotopic (exact) mass is 594 g/mol. The summed E-state index contributed by atoms with van der Waals surface area (Å²) in [6.07, 6.45) is 0.746. The fourth-order valence-electron chi connectivity index (χ4n) is 3.30. The first-order chi connectivity index (χ1) is 17.9. The number of imidazole rings is 2. The van der Waals surface area contributed by atoms with E-state index in [0.29, 0.717) is 0 Å². The lowest BCUT2D eigenvalue weighted by atomic mass is 10.2. The minimum atomic E-state index is -4.16. The highest BCUT2D eigenvalue weighted by atomic mass is 32.2. The molecule has 15 heteroatoms. The van der Waals surface area contributed by atoms with Crippen LogP contribution in [-0.4, -0.2) is 76.7 Å². The van der Waals surface area contributed by atoms with Crippen LogP contribution in [0.2, 0.25) is 0 Å². The molecular formula is C23H26N6O5S4. The minimum Gasteiger partial charge on any atom is -0.380 e. The summed E-state index contributed by atoms with van der Waals surface area (Å²) in [4.78, 5) is 10.0. The zero-order valence-corrected chi connectivity index (χ0v) is 24.2. The van der Waals surface area contributed by atoms with Gasteiger partial charge in [-0.25, -0.2) is 17.9 Å². The average molecular weight is 595 g/mol. The highest BCUT2D eigenvalue weighted by Gasteiger charge is 2.34. The van der Waals surface area contributed by atoms with E-state index in [4.69, 9.17) is 0 Å². The minimum absolute atomic E-state index is 0.0827. The first-order valence-corrected chi connectivity index (χ1v) is 15.5. The van der Waals surface area contributed by atoms with Crippen molar-refractivity contribution in [3.8, 4) is 0 Å². The maximum atomic E-state index is 13.4. The van der Waals surface area contributed by atoms with Crippen LogP contribution in [0.1, 0.15) is 17.5 Å². The van der Waals surface area contributed by atoms with E-state index in [1.807, 2.05) is 36.4 Å². The molecule has 38 heavy (non-hydrogen) atoms. The Morgan fingerprint density at radius 2 is 1.03 bits per heavy atom. The van der Waals surface area contributed by atoms with Gasteiger partial charge < -0.3 is 5.11 Å². The fraction of sp³-hybridized carbons (Fsp3) is 0.217. The number of aliphatic hydroxyl groups is 1. The summed E-state index contributed by atoms with van der Waals surface area (Å²) in [5.41, 5.74) is -0.271. The molecule has 0 saturated carbocycles. The summed E-state index contributed by atoms with van der Waals surface area (Å²) >= 11 is 2.19. The zero-order chi connectivity index (χ0) is 27.7. The van der Waals surface area contributed by atoms with Crippen LogP contribution in [0, 0.1) is 0 Å². The number of hydrogen-bond donors (Lipinski definition) is 1. The highest BCUT2D eigenvalue weighted by molar-refractivity contribution is 8.00. The Kier molecular flexibility index (Phi) is 8.37. The van der Waals surface area contributed by atoms with Gasteiger partial charge in [-0.15, -0.1) is 0 Å². The summed E-state index contributed by atoms with van der Waals surface area (Å²) in [5, 5.41) is 11.7. The summed E-state index contributed by atoms with van der Waals surface area (Å²) in [6.45, 7) is 0. The molecule has 0 fully saturated rings. The number of rotatable bonds is 10. The van der Waals surface area contributed by atoms with Gasteiger partial charge in [-0.05, 0) is 24.3 Å². The van der Waals surface area contributed by atoms with Crippen LogP contribution < -0.4 is 0 Å². The molecule has 11 nitrogen and oxygen atoms in total. The molecule has 2 heterocycles. The Bertz CT molecular complexity index is 1500. The number of nitrogens with zero attached hydrogens (tertiary/aromatic N) is 6. The third kappa shape index (κ3) is 5.54. The maximum Gasteiger partial charge on any atom is 0.309 e. The van der Waals surface area contributed by atoms with Gasteiger partial charge in [0.25, 0.3) is 0 Å². The number of aliphatic hydroxyl groups excluding tert-OH is 1. The van der Waals surface area contributed by atoms with Gasteiger partial charge in [0.1, 0.15) is 6.10 Å². The molecule has 0 unspecified atom stereocenters. The van der Waals surface area contributed by atoms with Crippen LogP contribution in [0.15, 0.2) is 93.2 Å². The Balaban J connectivity index is 1.87. The van der Waals surface area contributed by atoms with Crippen molar-refractivity contribution in [2.75, 3.05) is 28.2 Å². The van der Waals surface area contributed by atoms with Gasteiger partial charge in [-0.3, -0.25) is 0 Å². The average Bonchev–Trinajstić information content (AvgIpc) is 3.50. The van der Waals surface area contributed by atoms with Crippen LogP contribution in [0.5, 0.6) is 0 Å². The summed E-state index contributed by atoms with van der Waals surface area (Å²) in [5.74, 6) is 0. The van der Waals surface area contributed by atoms with Gasteiger partial charge in [0.05, 0.1) is 23.8 Å². The van der Waals surface area contributed by atoms with E-state index in [1.54, 1.807) is 24.3 Å². The molecule has 4 aromatic rings. The molecule has 2 aromatic heterocycles. The van der Waals surface area contributed by atoms with Crippen molar-refractivity contribution in [1.29, 1.82) is 0 Å². The van der Waals surface area contributed by atoms with E-state index in [0.717, 1.165) is 49.9 Å². The molecule has 0 bridgehead atoms. The standard InChI is InChI=1S/C23H26N6O5S4/c1-26(2)37(31,32)28-19(15-24-22(28)35-17-11-7-5-8-12-17)21(30)20-16-25-23(29(20)38(33,34)27(3)4)36-18-13-9-6-10-14-18/h5-16,21,30H,1-4H3. The van der Waals surface area contributed by atoms with Crippen molar-refractivity contribution in [3.05, 3.63) is 84.4 Å². The lowest BCUT2D eigenvalue weighted by molar-refractivity contribution is 0.206. The lowest BCUT2D eigenvalue weighted by Gasteiger charge is -2.21. The number of aromatic nitrogens is 4. The molecule has 0 atom stereocenters. The molecule has 202 valence electrons. The molecule has 0 aliphatic rings. The molecule has 0 amide bonds. The fourth-order valence-corrected chi connectivity index (χ4v) is 7.66. The molecule has 2 aromatic carbocycles. The predicted octanol–water partition coefficient (Wildman–Crippen LogP) is 2.77. The van der Waals surface area contributed by atoms with Gasteiger partial charge in [0.2, 0.25) is 0 Å². The Morgan fingerprint density at radius 3 is 1.34 bits per heavy atom. The summed E-state index contributed by atoms with van der Waals surface area (Å²) < 4.78 is 57.3. The number of hydrogen-bond acceptors (Lipinski definition) is 9. The van der Waals surface area contributed by atoms with Crippen molar-refractivity contribution in [1.82, 2.24) is 26.5 Å². The van der Waals surface area contributed by atoms with Crippen molar-refractivity contribution >= 4 is 43.9 Å². The molecule has 4 rings (SSSR count). The first-order valence-electron chi connectivity index (χ1n) is 11.1. The van der Waals surface area contributed by atoms with Gasteiger partial charge in [-0.1, -0.05) is 59.9 Å². The largest absolute Gasteiger partial charge is 0.380 e. The van der Waals surface area contributed by atoms with E-state index in [-0.39, 0.29) is 21.7 Å². The van der Waals surface area contributed by atoms with E-state index >= 15 is 0 Å². The third-order valence-corrected chi connectivity index (χ3v) is 11.0. The van der Waals surface area contributed by atoms with Crippen molar-refractivity contribution in [3.63, 3.8) is 0 Å². The molecule has 0 saturated heterocycles. The Morgan fingerprint density at radius 1 is 0.684 bits per heavy atom. The summed E-state index contributed by atoms with van der Waals surface area (Å²) in [6, 6.07) is 18.1. The third-order valence-electron chi connectivity index (χ3n) is 5.28. The summed E-state index contributed by atoms with van der Waals surface area (Å²) in [7, 11) is -2.89. The van der Waals surface area contributed by atoms with E-state index in [2.05, 4.69) is 9.97 Å². The van der Waals surface area contributed by atoms with Gasteiger partial charge in [0.15, 0.2) is 10.3 Å². The predicted molar refractivity (Wildman–Crippen MR) is 146 cm³/mol. The van der Waals surface area contributed by atoms with Gasteiger partial charge in [-0.2, -0.15) is 25.4 Å². The van der Waals surface area contributed by atoms with Crippen LogP contribution >= 0.6 is 23.5 Å². The van der Waals surface area contributed by atoms with Gasteiger partial charge in [0, 0.05) is 38.0 Å². The second-order valence-electron chi connectivity index (χ2n) is 8.27. The van der Waals surface area contributed by atoms with Crippen molar-refractivity contribution in [2.24, 2.45) is 0 Å². The van der Waals surface area contributed by atoms with Crippen LogP contribution in [0.25, 0.3) is 0 Å². The van der Waals surface area contributed by atoms with Crippen LogP contribution in [0.3, 0.4) is 0 Å². The SMILES string of the molecule is CN(C)S(=O)(=O)n1c(C(O)c2cnc(Sc3ccccc3)n2S(=O)(=O)N(C)C)cnc1Sc1ccccc1. The molecule has 0 aliphatic heterocycles. The molecule has 0 aliphatic carbocycles. The molecule has 0 radical (unpaired) electrons. The molecule has 1 N–H and O–H groups in total. The Hall–Kier alpha value is -2.66. The van der Waals surface area contributed by atoms with Crippen LogP contribution in [0.4, 0.5) is 0 Å². The van der Waals surface area contributed by atoms with Crippen molar-refractivity contribution in [2.45, 2.75) is 26.2 Å². The zero-order valence-electron chi connectivity index (χ0n) is 20.9. The molecular weight excluding hydrogens is 569 g/mol. The topological polar surface area (TPSA) is 131 Å². The lowest BCUT2D eigenvalue weighted by Crippen LogP contribution is -2.33. The first kappa shape index (κ1) is 28.4. The van der Waals surface area contributed by atoms with Crippen LogP contribution in [-0.2, 0) is 20.4 Å². The van der Waals surface area contributed by atoms with E-state index in [1.165, 1.54) is 40.6 Å². The van der Waals surface area contributed by atoms with Crippen molar-refractivity contribution < 1.29 is 21.9 Å². The quantitative estimate of drug-likeness (QED) is 0.295. The second-order valence-corrected chi connectivity index (χ2v) is 14.3. The second kappa shape index (κ2) is 11.2. The smallest absolute Gasteiger partial charge is 0.309 e. The van der Waals surface area contributed by atoms with E-state index in [9.17, 15) is 21.9 Å². The highest BCUT2D eigenvalue weighted by Crippen LogP contribution is 2.36. The van der Waals surface area contributed by atoms with Gasteiger partial charge >= 0.3 is 20.4 Å². The maximum absolute atomic E-state index is 13.4. The molecule has 0 spiro atoms. The van der Waals surface area contributed by atoms with E-state index < -0.39 is 26.5 Å². The Labute approximate surface area is 230 Å². The normalized spacial score (nSPS) is 12.6.